The van der Waals surface area contributed by atoms with Gasteiger partial charge in [-0.2, -0.15) is 0 Å². The Labute approximate surface area is 115 Å². The molecule has 5 heteroatoms. The van der Waals surface area contributed by atoms with Crippen molar-refractivity contribution in [1.29, 1.82) is 0 Å². The molecular weight excluding hydrogens is 303 g/mol. The first kappa shape index (κ1) is 15.4. The average molecular weight is 321 g/mol. The number of halogens is 2. The smallest absolute Gasteiger partial charge is 0.160 e. The zero-order valence-corrected chi connectivity index (χ0v) is 12.2. The zero-order chi connectivity index (χ0) is 13.4. The molecule has 1 aromatic rings. The van der Waals surface area contributed by atoms with Crippen molar-refractivity contribution in [3.8, 4) is 5.75 Å². The quantitative estimate of drug-likeness (QED) is 0.683. The summed E-state index contributed by atoms with van der Waals surface area (Å²) in [5.41, 5.74) is 0. The first-order valence-corrected chi connectivity index (χ1v) is 6.77. The number of benzene rings is 1. The third kappa shape index (κ3) is 5.33. The second kappa shape index (κ2) is 8.45. The first-order chi connectivity index (χ1) is 8.67. The second-order valence-electron chi connectivity index (χ2n) is 3.55. The number of rotatable bonds is 8. The number of ether oxygens (including phenoxy) is 3. The van der Waals surface area contributed by atoms with Crippen molar-refractivity contribution in [2.24, 2.45) is 0 Å². The van der Waals surface area contributed by atoms with Crippen LogP contribution in [0.25, 0.3) is 0 Å². The van der Waals surface area contributed by atoms with Crippen molar-refractivity contribution in [1.82, 2.24) is 0 Å². The highest BCUT2D eigenvalue weighted by Crippen LogP contribution is 2.25. The van der Waals surface area contributed by atoms with Crippen LogP contribution in [0.5, 0.6) is 5.75 Å². The lowest BCUT2D eigenvalue weighted by Gasteiger charge is -2.17. The third-order valence-corrected chi connectivity index (χ3v) is 2.83. The Balaban J connectivity index is 2.39. The van der Waals surface area contributed by atoms with Crippen LogP contribution in [-0.2, 0) is 9.47 Å². The molecule has 3 nitrogen and oxygen atoms in total. The summed E-state index contributed by atoms with van der Waals surface area (Å²) in [6.07, 6.45) is 0.380. The molecule has 0 unspecified atom stereocenters. The van der Waals surface area contributed by atoms with Crippen LogP contribution in [0, 0.1) is 5.82 Å². The van der Waals surface area contributed by atoms with Crippen LogP contribution in [0.4, 0.5) is 4.39 Å². The van der Waals surface area contributed by atoms with Crippen molar-refractivity contribution >= 4 is 15.9 Å². The summed E-state index contributed by atoms with van der Waals surface area (Å²) >= 11 is 3.25. The maximum atomic E-state index is 12.9. The van der Waals surface area contributed by atoms with Gasteiger partial charge in [-0.15, -0.1) is 0 Å². The molecule has 0 saturated heterocycles. The molecule has 0 saturated carbocycles. The molecule has 18 heavy (non-hydrogen) atoms. The van der Waals surface area contributed by atoms with E-state index >= 15 is 0 Å². The Hall–Kier alpha value is -0.650. The van der Waals surface area contributed by atoms with Gasteiger partial charge in [0.2, 0.25) is 0 Å². The van der Waals surface area contributed by atoms with Crippen LogP contribution in [0.15, 0.2) is 22.7 Å². The minimum atomic E-state index is -0.296. The van der Waals surface area contributed by atoms with Gasteiger partial charge in [-0.1, -0.05) is 0 Å². The maximum Gasteiger partial charge on any atom is 0.160 e. The molecule has 0 aliphatic rings. The Kier molecular flexibility index (Phi) is 7.23. The molecule has 0 spiro atoms. The Morgan fingerprint density at radius 1 is 1.22 bits per heavy atom. The number of hydrogen-bond donors (Lipinski definition) is 0. The normalized spacial score (nSPS) is 10.9. The molecule has 0 atom stereocenters. The van der Waals surface area contributed by atoms with E-state index < -0.39 is 0 Å². The summed E-state index contributed by atoms with van der Waals surface area (Å²) in [5.74, 6) is 0.318. The summed E-state index contributed by atoms with van der Waals surface area (Å²) in [7, 11) is 0. The molecule has 1 rings (SSSR count). The highest BCUT2D eigenvalue weighted by molar-refractivity contribution is 9.10. The fourth-order valence-electron chi connectivity index (χ4n) is 1.44. The molecule has 102 valence electrons. The Morgan fingerprint density at radius 2 is 1.89 bits per heavy atom. The van der Waals surface area contributed by atoms with E-state index in [4.69, 9.17) is 14.2 Å². The van der Waals surface area contributed by atoms with Gasteiger partial charge in [0.1, 0.15) is 11.6 Å². The van der Waals surface area contributed by atoms with E-state index in [1.807, 2.05) is 13.8 Å². The van der Waals surface area contributed by atoms with Crippen molar-refractivity contribution in [3.05, 3.63) is 28.5 Å². The highest BCUT2D eigenvalue weighted by atomic mass is 79.9. The predicted octanol–water partition coefficient (Wildman–Crippen LogP) is 3.76. The van der Waals surface area contributed by atoms with Gasteiger partial charge < -0.3 is 14.2 Å². The fourth-order valence-corrected chi connectivity index (χ4v) is 1.91. The predicted molar refractivity (Wildman–Crippen MR) is 71.3 cm³/mol. The molecule has 0 aromatic heterocycles. The van der Waals surface area contributed by atoms with Crippen LogP contribution in [-0.4, -0.2) is 26.1 Å². The van der Waals surface area contributed by atoms with Crippen LogP contribution >= 0.6 is 15.9 Å². The lowest BCUT2D eigenvalue weighted by Crippen LogP contribution is -2.20. The van der Waals surface area contributed by atoms with E-state index in [1.165, 1.54) is 12.1 Å². The van der Waals surface area contributed by atoms with E-state index in [1.54, 1.807) is 6.07 Å². The molecule has 0 heterocycles. The first-order valence-electron chi connectivity index (χ1n) is 5.98. The van der Waals surface area contributed by atoms with Crippen LogP contribution in [0.1, 0.15) is 20.3 Å². The molecule has 0 aliphatic heterocycles. The Bertz CT molecular complexity index is 354. The summed E-state index contributed by atoms with van der Waals surface area (Å²) < 4.78 is 29.8. The third-order valence-electron chi connectivity index (χ3n) is 2.21. The van der Waals surface area contributed by atoms with Crippen LogP contribution in [0.3, 0.4) is 0 Å². The highest BCUT2D eigenvalue weighted by Gasteiger charge is 2.09. The van der Waals surface area contributed by atoms with Gasteiger partial charge in [-0.3, -0.25) is 0 Å². The van der Waals surface area contributed by atoms with Gasteiger partial charge >= 0.3 is 0 Å². The van der Waals surface area contributed by atoms with Crippen LogP contribution in [0.2, 0.25) is 0 Å². The molecule has 0 fully saturated rings. The topological polar surface area (TPSA) is 27.7 Å². The van der Waals surface area contributed by atoms with Crippen LogP contribution < -0.4 is 4.74 Å². The molecule has 0 N–H and O–H groups in total. The maximum absolute atomic E-state index is 12.9. The van der Waals surface area contributed by atoms with Gasteiger partial charge in [0.25, 0.3) is 0 Å². The molecule has 0 amide bonds. The van der Waals surface area contributed by atoms with E-state index in [-0.39, 0.29) is 12.1 Å². The minimum absolute atomic E-state index is 0.251. The molecular formula is C13H18BrFO3. The SMILES string of the molecule is CCOC(CCOc1ccc(F)cc1Br)OCC. The Morgan fingerprint density at radius 3 is 2.44 bits per heavy atom. The van der Waals surface area contributed by atoms with Gasteiger partial charge in [0.05, 0.1) is 11.1 Å². The van der Waals surface area contributed by atoms with Gasteiger partial charge in [0, 0.05) is 19.6 Å². The standard InChI is InChI=1S/C13H18BrFO3/c1-3-16-13(17-4-2)7-8-18-12-6-5-10(15)9-11(12)14/h5-6,9,13H,3-4,7-8H2,1-2H3. The fraction of sp³-hybridized carbons (Fsp3) is 0.538. The second-order valence-corrected chi connectivity index (χ2v) is 4.41. The van der Waals surface area contributed by atoms with E-state index in [0.717, 1.165) is 0 Å². The van der Waals surface area contributed by atoms with Crippen molar-refractivity contribution in [3.63, 3.8) is 0 Å². The van der Waals surface area contributed by atoms with Crippen molar-refractivity contribution in [2.45, 2.75) is 26.6 Å². The summed E-state index contributed by atoms with van der Waals surface area (Å²) in [6.45, 7) is 5.50. The summed E-state index contributed by atoms with van der Waals surface area (Å²) in [5, 5.41) is 0. The molecule has 0 bridgehead atoms. The van der Waals surface area contributed by atoms with E-state index in [2.05, 4.69) is 15.9 Å². The van der Waals surface area contributed by atoms with Crippen molar-refractivity contribution in [2.75, 3.05) is 19.8 Å². The molecule has 0 radical (unpaired) electrons. The summed E-state index contributed by atoms with van der Waals surface area (Å²) in [4.78, 5) is 0. The van der Waals surface area contributed by atoms with Crippen molar-refractivity contribution < 1.29 is 18.6 Å². The summed E-state index contributed by atoms with van der Waals surface area (Å²) in [6, 6.07) is 4.33. The molecule has 1 aromatic carbocycles. The van der Waals surface area contributed by atoms with Gasteiger partial charge in [-0.25, -0.2) is 4.39 Å². The molecule has 0 aliphatic carbocycles. The number of hydrogen-bond acceptors (Lipinski definition) is 3. The monoisotopic (exact) mass is 320 g/mol. The lowest BCUT2D eigenvalue weighted by molar-refractivity contribution is -0.142. The zero-order valence-electron chi connectivity index (χ0n) is 10.6. The van der Waals surface area contributed by atoms with Gasteiger partial charge in [0.15, 0.2) is 6.29 Å². The lowest BCUT2D eigenvalue weighted by atomic mass is 10.3. The van der Waals surface area contributed by atoms with Gasteiger partial charge in [-0.05, 0) is 48.0 Å². The van der Waals surface area contributed by atoms with E-state index in [9.17, 15) is 4.39 Å². The van der Waals surface area contributed by atoms with E-state index in [0.29, 0.717) is 36.5 Å². The largest absolute Gasteiger partial charge is 0.492 e. The average Bonchev–Trinajstić information content (AvgIpc) is 2.32. The minimum Gasteiger partial charge on any atom is -0.492 e.